The third-order valence-corrected chi connectivity index (χ3v) is 3.04. The van der Waals surface area contributed by atoms with Crippen molar-refractivity contribution < 1.29 is 24.5 Å². The van der Waals surface area contributed by atoms with Crippen LogP contribution in [0, 0.1) is 13.8 Å². The van der Waals surface area contributed by atoms with Crippen LogP contribution >= 0.6 is 0 Å². The molecule has 0 spiro atoms. The van der Waals surface area contributed by atoms with Crippen molar-refractivity contribution in [1.29, 1.82) is 0 Å². The van der Waals surface area contributed by atoms with Gasteiger partial charge in [-0.25, -0.2) is 4.79 Å². The topological polar surface area (TPSA) is 76.0 Å². The Hall–Kier alpha value is -2.69. The molecule has 0 unspecified atom stereocenters. The molecule has 0 amide bonds. The monoisotopic (exact) mass is 302 g/mol. The van der Waals surface area contributed by atoms with Crippen LogP contribution in [0.5, 0.6) is 23.0 Å². The average Bonchev–Trinajstić information content (AvgIpc) is 2.36. The number of rotatable bonds is 4. The summed E-state index contributed by atoms with van der Waals surface area (Å²) in [4.78, 5) is 11.8. The normalized spacial score (nSPS) is 10.3. The lowest BCUT2D eigenvalue weighted by Gasteiger charge is -2.12. The van der Waals surface area contributed by atoms with Gasteiger partial charge in [-0.05, 0) is 50.1 Å². The van der Waals surface area contributed by atoms with Gasteiger partial charge >= 0.3 is 5.97 Å². The van der Waals surface area contributed by atoms with Crippen molar-refractivity contribution in [3.63, 3.8) is 0 Å². The third-order valence-electron chi connectivity index (χ3n) is 3.04. The molecule has 0 bridgehead atoms. The van der Waals surface area contributed by atoms with Gasteiger partial charge in [-0.2, -0.15) is 0 Å². The molecule has 5 nitrogen and oxygen atoms in total. The summed E-state index contributed by atoms with van der Waals surface area (Å²) in [7, 11) is 0. The summed E-state index contributed by atoms with van der Waals surface area (Å²) in [6, 6.07) is 7.81. The van der Waals surface area contributed by atoms with Crippen LogP contribution in [0.3, 0.4) is 0 Å². The van der Waals surface area contributed by atoms with Crippen LogP contribution in [-0.2, 0) is 4.74 Å². The fraction of sp³-hybridized carbons (Fsp3) is 0.235. The van der Waals surface area contributed by atoms with Gasteiger partial charge in [-0.1, -0.05) is 0 Å². The van der Waals surface area contributed by atoms with Crippen molar-refractivity contribution in [3.05, 3.63) is 47.0 Å². The average molecular weight is 302 g/mol. The van der Waals surface area contributed by atoms with E-state index in [0.717, 1.165) is 5.56 Å². The van der Waals surface area contributed by atoms with E-state index in [2.05, 4.69) is 0 Å². The zero-order valence-electron chi connectivity index (χ0n) is 12.7. The van der Waals surface area contributed by atoms with Crippen molar-refractivity contribution in [2.24, 2.45) is 0 Å². The highest BCUT2D eigenvalue weighted by Gasteiger charge is 2.17. The van der Waals surface area contributed by atoms with Gasteiger partial charge in [0.25, 0.3) is 0 Å². The van der Waals surface area contributed by atoms with Gasteiger partial charge in [-0.3, -0.25) is 0 Å². The summed E-state index contributed by atoms with van der Waals surface area (Å²) < 4.78 is 10.5. The molecule has 2 aromatic rings. The van der Waals surface area contributed by atoms with Crippen LogP contribution in [0.25, 0.3) is 0 Å². The first-order chi connectivity index (χ1) is 10.4. The Kier molecular flexibility index (Phi) is 4.56. The van der Waals surface area contributed by atoms with Crippen molar-refractivity contribution in [3.8, 4) is 23.0 Å². The highest BCUT2D eigenvalue weighted by atomic mass is 16.5. The standard InChI is InChI=1S/C17H18O5/c1-4-21-17(20)16-11(3)7-14(9-15(16)19)22-13-6-10(2)5-12(18)8-13/h5-9,18-19H,4H2,1-3H3. The van der Waals surface area contributed by atoms with Crippen molar-refractivity contribution in [1.82, 2.24) is 0 Å². The maximum Gasteiger partial charge on any atom is 0.342 e. The predicted molar refractivity (Wildman–Crippen MR) is 81.7 cm³/mol. The smallest absolute Gasteiger partial charge is 0.342 e. The Balaban J connectivity index is 2.32. The SMILES string of the molecule is CCOC(=O)c1c(C)cc(Oc2cc(C)cc(O)c2)cc1O. The number of carbonyl (C=O) groups is 1. The molecule has 5 heteroatoms. The minimum absolute atomic E-state index is 0.0964. The van der Waals surface area contributed by atoms with Crippen LogP contribution < -0.4 is 4.74 Å². The zero-order chi connectivity index (χ0) is 16.3. The van der Waals surface area contributed by atoms with Gasteiger partial charge in [0.1, 0.15) is 28.6 Å². The van der Waals surface area contributed by atoms with Gasteiger partial charge in [-0.15, -0.1) is 0 Å². The quantitative estimate of drug-likeness (QED) is 0.842. The lowest BCUT2D eigenvalue weighted by atomic mass is 10.1. The second kappa shape index (κ2) is 6.39. The van der Waals surface area contributed by atoms with Crippen LogP contribution in [-0.4, -0.2) is 22.8 Å². The predicted octanol–water partition coefficient (Wildman–Crippen LogP) is 3.68. The molecule has 0 fully saturated rings. The highest BCUT2D eigenvalue weighted by Crippen LogP contribution is 2.32. The molecule has 0 atom stereocenters. The summed E-state index contributed by atoms with van der Waals surface area (Å²) >= 11 is 0. The summed E-state index contributed by atoms with van der Waals surface area (Å²) in [6.45, 7) is 5.45. The van der Waals surface area contributed by atoms with Crippen molar-refractivity contribution in [2.45, 2.75) is 20.8 Å². The molecular weight excluding hydrogens is 284 g/mol. The first-order valence-electron chi connectivity index (χ1n) is 6.90. The molecule has 0 aromatic heterocycles. The van der Waals surface area contributed by atoms with Gasteiger partial charge < -0.3 is 19.7 Å². The van der Waals surface area contributed by atoms with E-state index in [-0.39, 0.29) is 23.7 Å². The number of phenolic OH excluding ortho intramolecular Hbond substituents is 2. The molecule has 2 N–H and O–H groups in total. The number of phenols is 2. The lowest BCUT2D eigenvalue weighted by Crippen LogP contribution is -2.07. The molecule has 0 aliphatic rings. The number of esters is 1. The lowest BCUT2D eigenvalue weighted by molar-refractivity contribution is 0.0522. The van der Waals surface area contributed by atoms with E-state index in [9.17, 15) is 15.0 Å². The maximum absolute atomic E-state index is 11.8. The first-order valence-corrected chi connectivity index (χ1v) is 6.90. The molecule has 0 saturated carbocycles. The molecule has 0 aliphatic heterocycles. The first kappa shape index (κ1) is 15.7. The third kappa shape index (κ3) is 3.49. The minimum atomic E-state index is -0.572. The molecule has 2 rings (SSSR count). The van der Waals surface area contributed by atoms with Crippen LogP contribution in [0.2, 0.25) is 0 Å². The van der Waals surface area contributed by atoms with Gasteiger partial charge in [0.15, 0.2) is 0 Å². The Labute approximate surface area is 128 Å². The number of benzene rings is 2. The molecule has 22 heavy (non-hydrogen) atoms. The summed E-state index contributed by atoms with van der Waals surface area (Å²) in [5.74, 6) is 0.134. The van der Waals surface area contributed by atoms with Crippen LogP contribution in [0.15, 0.2) is 30.3 Å². The molecule has 0 heterocycles. The molecule has 0 aliphatic carbocycles. The highest BCUT2D eigenvalue weighted by molar-refractivity contribution is 5.94. The number of aryl methyl sites for hydroxylation is 2. The fourth-order valence-electron chi connectivity index (χ4n) is 2.19. The molecule has 0 radical (unpaired) electrons. The molecule has 2 aromatic carbocycles. The Bertz CT molecular complexity index is 663. The second-order valence-corrected chi connectivity index (χ2v) is 4.96. The maximum atomic E-state index is 11.8. The largest absolute Gasteiger partial charge is 0.508 e. The number of hydrogen-bond acceptors (Lipinski definition) is 5. The summed E-state index contributed by atoms with van der Waals surface area (Å²) in [6.07, 6.45) is 0. The van der Waals surface area contributed by atoms with Gasteiger partial charge in [0, 0.05) is 12.1 Å². The molecule has 116 valence electrons. The Morgan fingerprint density at radius 2 is 1.73 bits per heavy atom. The second-order valence-electron chi connectivity index (χ2n) is 4.96. The number of hydrogen-bond donors (Lipinski definition) is 2. The van der Waals surface area contributed by atoms with E-state index in [1.54, 1.807) is 32.0 Å². The van der Waals surface area contributed by atoms with Gasteiger partial charge in [0.05, 0.1) is 6.61 Å². The zero-order valence-corrected chi connectivity index (χ0v) is 12.7. The van der Waals surface area contributed by atoms with E-state index in [4.69, 9.17) is 9.47 Å². The van der Waals surface area contributed by atoms with Crippen molar-refractivity contribution in [2.75, 3.05) is 6.61 Å². The summed E-state index contributed by atoms with van der Waals surface area (Å²) in [5.41, 5.74) is 1.52. The van der Waals surface area contributed by atoms with Gasteiger partial charge in [0.2, 0.25) is 0 Å². The molecular formula is C17H18O5. The van der Waals surface area contributed by atoms with Crippen LogP contribution in [0.4, 0.5) is 0 Å². The minimum Gasteiger partial charge on any atom is -0.508 e. The van der Waals surface area contributed by atoms with E-state index in [1.165, 1.54) is 12.1 Å². The fourth-order valence-corrected chi connectivity index (χ4v) is 2.19. The summed E-state index contributed by atoms with van der Waals surface area (Å²) in [5, 5.41) is 19.6. The number of ether oxygens (including phenoxy) is 2. The van der Waals surface area contributed by atoms with Crippen molar-refractivity contribution >= 4 is 5.97 Å². The molecule has 0 saturated heterocycles. The van der Waals surface area contributed by atoms with E-state index in [1.807, 2.05) is 6.92 Å². The van der Waals surface area contributed by atoms with E-state index in [0.29, 0.717) is 17.1 Å². The van der Waals surface area contributed by atoms with Crippen LogP contribution in [0.1, 0.15) is 28.4 Å². The van der Waals surface area contributed by atoms with E-state index >= 15 is 0 Å². The number of carbonyl (C=O) groups excluding carboxylic acids is 1. The Morgan fingerprint density at radius 1 is 1.05 bits per heavy atom. The number of aromatic hydroxyl groups is 2. The Morgan fingerprint density at radius 3 is 2.32 bits per heavy atom. The van der Waals surface area contributed by atoms with E-state index < -0.39 is 5.97 Å².